The first-order chi connectivity index (χ1) is 9.68. The molecule has 0 bridgehead atoms. The Balaban J connectivity index is 2.07. The molecular formula is C16H15N3O. The molecule has 4 heteroatoms. The molecule has 0 saturated carbocycles. The van der Waals surface area contributed by atoms with Crippen molar-refractivity contribution in [2.75, 3.05) is 11.9 Å². The maximum absolute atomic E-state index is 12.7. The van der Waals surface area contributed by atoms with E-state index in [1.807, 2.05) is 66.1 Å². The van der Waals surface area contributed by atoms with E-state index in [0.29, 0.717) is 5.69 Å². The smallest absolute Gasteiger partial charge is 0.276 e. The van der Waals surface area contributed by atoms with Gasteiger partial charge in [0.15, 0.2) is 0 Å². The fraction of sp³-hybridized carbons (Fsp3) is 0.125. The molecule has 0 atom stereocenters. The molecule has 1 aromatic carbocycles. The number of aromatic nitrogens is 2. The molecule has 0 radical (unpaired) electrons. The van der Waals surface area contributed by atoms with Crippen molar-refractivity contribution in [1.29, 1.82) is 0 Å². The molecule has 20 heavy (non-hydrogen) atoms. The predicted octanol–water partition coefficient (Wildman–Crippen LogP) is 2.92. The Morgan fingerprint density at radius 3 is 2.55 bits per heavy atom. The number of amides is 1. The van der Waals surface area contributed by atoms with Crippen molar-refractivity contribution in [3.8, 4) is 0 Å². The number of fused-ring (bicyclic) bond motifs is 1. The van der Waals surface area contributed by atoms with E-state index in [9.17, 15) is 4.79 Å². The van der Waals surface area contributed by atoms with Crippen molar-refractivity contribution >= 4 is 17.2 Å². The highest BCUT2D eigenvalue weighted by atomic mass is 16.2. The quantitative estimate of drug-likeness (QED) is 0.714. The summed E-state index contributed by atoms with van der Waals surface area (Å²) in [7, 11) is 1.78. The fourth-order valence-corrected chi connectivity index (χ4v) is 2.30. The standard InChI is InChI=1S/C16H15N3O/c1-12-15(19-11-7-6-10-14(19)17-12)16(20)18(2)13-8-4-3-5-9-13/h3-11H,1-2H3. The summed E-state index contributed by atoms with van der Waals surface area (Å²) >= 11 is 0. The molecule has 0 saturated heterocycles. The zero-order chi connectivity index (χ0) is 14.1. The topological polar surface area (TPSA) is 37.6 Å². The largest absolute Gasteiger partial charge is 0.310 e. The lowest BCUT2D eigenvalue weighted by Gasteiger charge is -2.17. The molecule has 4 nitrogen and oxygen atoms in total. The first kappa shape index (κ1) is 12.4. The Labute approximate surface area is 117 Å². The number of hydrogen-bond donors (Lipinski definition) is 0. The van der Waals surface area contributed by atoms with Crippen LogP contribution in [0.25, 0.3) is 5.65 Å². The summed E-state index contributed by atoms with van der Waals surface area (Å²) in [5, 5.41) is 0. The monoisotopic (exact) mass is 265 g/mol. The SMILES string of the molecule is Cc1nc2ccccn2c1C(=O)N(C)c1ccccc1. The highest BCUT2D eigenvalue weighted by Crippen LogP contribution is 2.18. The second-order valence-electron chi connectivity index (χ2n) is 4.67. The van der Waals surface area contributed by atoms with Gasteiger partial charge in [-0.1, -0.05) is 24.3 Å². The number of benzene rings is 1. The lowest BCUT2D eigenvalue weighted by Crippen LogP contribution is -2.28. The maximum Gasteiger partial charge on any atom is 0.276 e. The first-order valence-electron chi connectivity index (χ1n) is 6.45. The molecule has 0 unspecified atom stereocenters. The average Bonchev–Trinajstić information content (AvgIpc) is 2.82. The number of para-hydroxylation sites is 1. The van der Waals surface area contributed by atoms with E-state index >= 15 is 0 Å². The molecule has 2 aromatic heterocycles. The molecule has 100 valence electrons. The van der Waals surface area contributed by atoms with Crippen LogP contribution in [0.3, 0.4) is 0 Å². The van der Waals surface area contributed by atoms with Gasteiger partial charge in [0, 0.05) is 18.9 Å². The minimum Gasteiger partial charge on any atom is -0.310 e. The summed E-state index contributed by atoms with van der Waals surface area (Å²) in [5.41, 5.74) is 2.99. The third-order valence-electron chi connectivity index (χ3n) is 3.35. The minimum absolute atomic E-state index is 0.0626. The van der Waals surface area contributed by atoms with E-state index in [0.717, 1.165) is 17.0 Å². The van der Waals surface area contributed by atoms with Crippen molar-refractivity contribution in [3.05, 3.63) is 66.1 Å². The van der Waals surface area contributed by atoms with Gasteiger partial charge in [-0.25, -0.2) is 4.98 Å². The van der Waals surface area contributed by atoms with Crippen molar-refractivity contribution in [2.45, 2.75) is 6.92 Å². The average molecular weight is 265 g/mol. The first-order valence-corrected chi connectivity index (χ1v) is 6.45. The Morgan fingerprint density at radius 2 is 1.80 bits per heavy atom. The van der Waals surface area contributed by atoms with Crippen LogP contribution in [-0.2, 0) is 0 Å². The van der Waals surface area contributed by atoms with E-state index < -0.39 is 0 Å². The van der Waals surface area contributed by atoms with E-state index in [-0.39, 0.29) is 5.91 Å². The molecule has 0 spiro atoms. The van der Waals surface area contributed by atoms with Crippen LogP contribution < -0.4 is 4.90 Å². The highest BCUT2D eigenvalue weighted by Gasteiger charge is 2.20. The van der Waals surface area contributed by atoms with E-state index in [4.69, 9.17) is 0 Å². The van der Waals surface area contributed by atoms with Gasteiger partial charge < -0.3 is 4.90 Å². The highest BCUT2D eigenvalue weighted by molar-refractivity contribution is 6.05. The number of aryl methyl sites for hydroxylation is 1. The second kappa shape index (κ2) is 4.81. The van der Waals surface area contributed by atoms with Gasteiger partial charge in [0.2, 0.25) is 0 Å². The van der Waals surface area contributed by atoms with E-state index in [1.54, 1.807) is 11.9 Å². The lowest BCUT2D eigenvalue weighted by atomic mass is 10.2. The zero-order valence-electron chi connectivity index (χ0n) is 11.4. The fourth-order valence-electron chi connectivity index (χ4n) is 2.30. The Bertz CT molecular complexity index is 762. The number of carbonyl (C=O) groups excluding carboxylic acids is 1. The summed E-state index contributed by atoms with van der Waals surface area (Å²) in [5.74, 6) is -0.0626. The van der Waals surface area contributed by atoms with Gasteiger partial charge in [-0.15, -0.1) is 0 Å². The van der Waals surface area contributed by atoms with Crippen LogP contribution in [0.5, 0.6) is 0 Å². The molecule has 0 fully saturated rings. The normalized spacial score (nSPS) is 10.7. The number of imidazole rings is 1. The Hall–Kier alpha value is -2.62. The second-order valence-corrected chi connectivity index (χ2v) is 4.67. The van der Waals surface area contributed by atoms with Gasteiger partial charge in [0.1, 0.15) is 11.3 Å². The van der Waals surface area contributed by atoms with Crippen LogP contribution in [-0.4, -0.2) is 22.3 Å². The number of carbonyl (C=O) groups is 1. The summed E-state index contributed by atoms with van der Waals surface area (Å²) in [6.45, 7) is 1.86. The number of pyridine rings is 1. The van der Waals surface area contributed by atoms with Crippen molar-refractivity contribution in [3.63, 3.8) is 0 Å². The summed E-state index contributed by atoms with van der Waals surface area (Å²) < 4.78 is 1.83. The predicted molar refractivity (Wildman–Crippen MR) is 79.1 cm³/mol. The molecule has 3 aromatic rings. The van der Waals surface area contributed by atoms with Crippen LogP contribution in [0.1, 0.15) is 16.2 Å². The number of rotatable bonds is 2. The van der Waals surface area contributed by atoms with Crippen LogP contribution in [0.4, 0.5) is 5.69 Å². The number of nitrogens with zero attached hydrogens (tertiary/aromatic N) is 3. The maximum atomic E-state index is 12.7. The van der Waals surface area contributed by atoms with Gasteiger partial charge in [-0.3, -0.25) is 9.20 Å². The van der Waals surface area contributed by atoms with E-state index in [1.165, 1.54) is 0 Å². The summed E-state index contributed by atoms with van der Waals surface area (Å²) in [6, 6.07) is 15.3. The van der Waals surface area contributed by atoms with Crippen LogP contribution in [0.2, 0.25) is 0 Å². The Kier molecular flexibility index (Phi) is 2.99. The zero-order valence-corrected chi connectivity index (χ0v) is 11.4. The van der Waals surface area contributed by atoms with Gasteiger partial charge in [-0.05, 0) is 31.2 Å². The lowest BCUT2D eigenvalue weighted by molar-refractivity contribution is 0.0987. The molecule has 3 rings (SSSR count). The number of hydrogen-bond acceptors (Lipinski definition) is 2. The number of anilines is 1. The van der Waals surface area contributed by atoms with Crippen molar-refractivity contribution in [2.24, 2.45) is 0 Å². The van der Waals surface area contributed by atoms with Gasteiger partial charge in [0.05, 0.1) is 5.69 Å². The Morgan fingerprint density at radius 1 is 1.10 bits per heavy atom. The van der Waals surface area contributed by atoms with Crippen molar-refractivity contribution in [1.82, 2.24) is 9.38 Å². The van der Waals surface area contributed by atoms with Gasteiger partial charge >= 0.3 is 0 Å². The van der Waals surface area contributed by atoms with Gasteiger partial charge in [0.25, 0.3) is 5.91 Å². The third kappa shape index (κ3) is 1.95. The van der Waals surface area contributed by atoms with Gasteiger partial charge in [-0.2, -0.15) is 0 Å². The molecular weight excluding hydrogens is 250 g/mol. The summed E-state index contributed by atoms with van der Waals surface area (Å²) in [4.78, 5) is 18.8. The van der Waals surface area contributed by atoms with E-state index in [2.05, 4.69) is 4.98 Å². The minimum atomic E-state index is -0.0626. The molecule has 1 amide bonds. The molecule has 0 aliphatic rings. The van der Waals surface area contributed by atoms with Crippen molar-refractivity contribution < 1.29 is 4.79 Å². The van der Waals surface area contributed by atoms with Crippen LogP contribution >= 0.6 is 0 Å². The molecule has 0 aliphatic heterocycles. The molecule has 2 heterocycles. The molecule has 0 N–H and O–H groups in total. The summed E-state index contributed by atoms with van der Waals surface area (Å²) in [6.07, 6.45) is 1.86. The van der Waals surface area contributed by atoms with Crippen LogP contribution in [0.15, 0.2) is 54.7 Å². The van der Waals surface area contributed by atoms with Crippen LogP contribution in [0, 0.1) is 6.92 Å². The molecule has 0 aliphatic carbocycles. The third-order valence-corrected chi connectivity index (χ3v) is 3.35.